The summed E-state index contributed by atoms with van der Waals surface area (Å²) in [7, 11) is 0. The van der Waals surface area contributed by atoms with Gasteiger partial charge in [-0.15, -0.1) is 0 Å². The number of para-hydroxylation sites is 1. The Kier molecular flexibility index (Phi) is 4.93. The molecular formula is C18H22F2N4O2. The molecule has 1 aliphatic heterocycles. The normalized spacial score (nSPS) is 17.8. The predicted octanol–water partition coefficient (Wildman–Crippen LogP) is 3.67. The highest BCUT2D eigenvalue weighted by Gasteiger charge is 2.28. The SMILES string of the molecule is CC(C)(C)OC(=O)N[C@@H]1CCN(c2nc(C(F)F)nc3ccccc23)C1. The van der Waals surface area contributed by atoms with E-state index in [1.807, 2.05) is 17.0 Å². The molecule has 1 aromatic carbocycles. The Morgan fingerprint density at radius 1 is 1.31 bits per heavy atom. The van der Waals surface area contributed by atoms with Crippen molar-refractivity contribution >= 4 is 22.8 Å². The van der Waals surface area contributed by atoms with Gasteiger partial charge < -0.3 is 15.0 Å². The first-order chi connectivity index (χ1) is 12.2. The Morgan fingerprint density at radius 2 is 2.04 bits per heavy atom. The summed E-state index contributed by atoms with van der Waals surface area (Å²) < 4.78 is 31.6. The quantitative estimate of drug-likeness (QED) is 0.900. The summed E-state index contributed by atoms with van der Waals surface area (Å²) in [6.45, 7) is 6.47. The van der Waals surface area contributed by atoms with Crippen LogP contribution in [0.5, 0.6) is 0 Å². The van der Waals surface area contributed by atoms with Crippen LogP contribution in [0.2, 0.25) is 0 Å². The van der Waals surface area contributed by atoms with Crippen molar-refractivity contribution in [3.63, 3.8) is 0 Å². The van der Waals surface area contributed by atoms with Crippen molar-refractivity contribution in [3.05, 3.63) is 30.1 Å². The standard InChI is InChI=1S/C18H22F2N4O2/c1-18(2,3)26-17(25)21-11-8-9-24(10-11)16-12-6-4-5-7-13(12)22-15(23-16)14(19)20/h4-7,11,14H,8-10H2,1-3H3,(H,21,25)/t11-/m1/s1. The Labute approximate surface area is 150 Å². The molecular weight excluding hydrogens is 342 g/mol. The molecule has 2 heterocycles. The molecule has 26 heavy (non-hydrogen) atoms. The molecule has 1 atom stereocenters. The van der Waals surface area contributed by atoms with Crippen LogP contribution in [0.4, 0.5) is 19.4 Å². The highest BCUT2D eigenvalue weighted by atomic mass is 19.3. The number of aromatic nitrogens is 2. The van der Waals surface area contributed by atoms with E-state index in [1.54, 1.807) is 32.9 Å². The lowest BCUT2D eigenvalue weighted by Gasteiger charge is -2.22. The molecule has 1 N–H and O–H groups in total. The zero-order valence-electron chi connectivity index (χ0n) is 15.0. The lowest BCUT2D eigenvalue weighted by molar-refractivity contribution is 0.0509. The van der Waals surface area contributed by atoms with Gasteiger partial charge in [0.1, 0.15) is 11.4 Å². The third kappa shape index (κ3) is 4.17. The summed E-state index contributed by atoms with van der Waals surface area (Å²) in [5.41, 5.74) is -0.0893. The smallest absolute Gasteiger partial charge is 0.407 e. The van der Waals surface area contributed by atoms with Gasteiger partial charge in [0.05, 0.1) is 11.6 Å². The van der Waals surface area contributed by atoms with E-state index in [0.29, 0.717) is 30.8 Å². The van der Waals surface area contributed by atoms with Crippen LogP contribution in [0.15, 0.2) is 24.3 Å². The van der Waals surface area contributed by atoms with E-state index in [-0.39, 0.29) is 6.04 Å². The monoisotopic (exact) mass is 364 g/mol. The molecule has 0 unspecified atom stereocenters. The number of carbonyl (C=O) groups is 1. The van der Waals surface area contributed by atoms with Crippen LogP contribution in [0.3, 0.4) is 0 Å². The zero-order valence-corrected chi connectivity index (χ0v) is 15.0. The minimum absolute atomic E-state index is 0.131. The number of amides is 1. The van der Waals surface area contributed by atoms with Crippen molar-refractivity contribution in [1.29, 1.82) is 0 Å². The van der Waals surface area contributed by atoms with E-state index in [2.05, 4.69) is 15.3 Å². The average molecular weight is 364 g/mol. The summed E-state index contributed by atoms with van der Waals surface area (Å²) in [6.07, 6.45) is -2.54. The molecule has 0 aliphatic carbocycles. The van der Waals surface area contributed by atoms with Crippen molar-refractivity contribution in [2.45, 2.75) is 45.3 Å². The fourth-order valence-corrected chi connectivity index (χ4v) is 2.96. The lowest BCUT2D eigenvalue weighted by Crippen LogP contribution is -2.40. The maximum absolute atomic E-state index is 13.2. The van der Waals surface area contributed by atoms with Crippen LogP contribution in [-0.2, 0) is 4.74 Å². The second kappa shape index (κ2) is 7.01. The first kappa shape index (κ1) is 18.3. The molecule has 0 spiro atoms. The van der Waals surface area contributed by atoms with Gasteiger partial charge in [-0.05, 0) is 39.3 Å². The Bertz CT molecular complexity index is 807. The zero-order chi connectivity index (χ0) is 18.9. The Balaban J connectivity index is 1.79. The second-order valence-electron chi connectivity index (χ2n) is 7.30. The van der Waals surface area contributed by atoms with Crippen LogP contribution >= 0.6 is 0 Å². The number of rotatable bonds is 3. The van der Waals surface area contributed by atoms with Gasteiger partial charge in [-0.2, -0.15) is 0 Å². The van der Waals surface area contributed by atoms with Crippen LogP contribution in [0, 0.1) is 0 Å². The van der Waals surface area contributed by atoms with E-state index < -0.39 is 23.9 Å². The molecule has 6 nitrogen and oxygen atoms in total. The number of anilines is 1. The minimum Gasteiger partial charge on any atom is -0.444 e. The molecule has 1 amide bonds. The Morgan fingerprint density at radius 3 is 2.73 bits per heavy atom. The first-order valence-electron chi connectivity index (χ1n) is 8.52. The number of alkyl halides is 2. The number of nitrogens with zero attached hydrogens (tertiary/aromatic N) is 3. The van der Waals surface area contributed by atoms with Crippen LogP contribution < -0.4 is 10.2 Å². The van der Waals surface area contributed by atoms with Gasteiger partial charge in [-0.25, -0.2) is 23.5 Å². The van der Waals surface area contributed by atoms with Crippen molar-refractivity contribution in [3.8, 4) is 0 Å². The van der Waals surface area contributed by atoms with E-state index in [1.165, 1.54) is 0 Å². The summed E-state index contributed by atoms with van der Waals surface area (Å²) in [4.78, 5) is 21.9. The van der Waals surface area contributed by atoms with E-state index in [0.717, 1.165) is 5.39 Å². The fraction of sp³-hybridized carbons (Fsp3) is 0.500. The van der Waals surface area contributed by atoms with Gasteiger partial charge in [0, 0.05) is 18.5 Å². The van der Waals surface area contributed by atoms with Gasteiger partial charge in [0.25, 0.3) is 6.43 Å². The molecule has 2 aromatic rings. The maximum Gasteiger partial charge on any atom is 0.407 e. The first-order valence-corrected chi connectivity index (χ1v) is 8.52. The molecule has 1 fully saturated rings. The molecule has 140 valence electrons. The maximum atomic E-state index is 13.2. The number of benzene rings is 1. The Hall–Kier alpha value is -2.51. The number of alkyl carbamates (subject to hydrolysis) is 1. The highest BCUT2D eigenvalue weighted by Crippen LogP contribution is 2.29. The number of hydrogen-bond donors (Lipinski definition) is 1. The highest BCUT2D eigenvalue weighted by molar-refractivity contribution is 5.89. The van der Waals surface area contributed by atoms with Crippen molar-refractivity contribution in [2.24, 2.45) is 0 Å². The number of ether oxygens (including phenoxy) is 1. The third-order valence-corrected chi connectivity index (χ3v) is 4.00. The molecule has 0 bridgehead atoms. The van der Waals surface area contributed by atoms with Crippen LogP contribution in [-0.4, -0.2) is 40.8 Å². The lowest BCUT2D eigenvalue weighted by atomic mass is 10.2. The van der Waals surface area contributed by atoms with Crippen molar-refractivity contribution < 1.29 is 18.3 Å². The number of carbonyl (C=O) groups excluding carboxylic acids is 1. The van der Waals surface area contributed by atoms with Gasteiger partial charge in [0.15, 0.2) is 5.82 Å². The van der Waals surface area contributed by atoms with E-state index >= 15 is 0 Å². The molecule has 8 heteroatoms. The molecule has 0 radical (unpaired) electrons. The third-order valence-electron chi connectivity index (χ3n) is 4.00. The molecule has 0 saturated carbocycles. The van der Waals surface area contributed by atoms with Crippen molar-refractivity contribution in [2.75, 3.05) is 18.0 Å². The summed E-state index contributed by atoms with van der Waals surface area (Å²) in [6, 6.07) is 6.95. The number of hydrogen-bond acceptors (Lipinski definition) is 5. The van der Waals surface area contributed by atoms with Gasteiger partial charge >= 0.3 is 6.09 Å². The molecule has 1 saturated heterocycles. The van der Waals surface area contributed by atoms with Gasteiger partial charge in [-0.1, -0.05) is 12.1 Å². The summed E-state index contributed by atoms with van der Waals surface area (Å²) in [5.74, 6) is -0.0124. The van der Waals surface area contributed by atoms with E-state index in [4.69, 9.17) is 4.74 Å². The molecule has 1 aliphatic rings. The van der Waals surface area contributed by atoms with Gasteiger partial charge in [-0.3, -0.25) is 0 Å². The fourth-order valence-electron chi connectivity index (χ4n) is 2.96. The topological polar surface area (TPSA) is 67.3 Å². The second-order valence-corrected chi connectivity index (χ2v) is 7.30. The molecule has 3 rings (SSSR count). The summed E-state index contributed by atoms with van der Waals surface area (Å²) >= 11 is 0. The van der Waals surface area contributed by atoms with Crippen LogP contribution in [0.25, 0.3) is 10.9 Å². The van der Waals surface area contributed by atoms with Gasteiger partial charge in [0.2, 0.25) is 0 Å². The van der Waals surface area contributed by atoms with Crippen LogP contribution in [0.1, 0.15) is 39.4 Å². The minimum atomic E-state index is -2.74. The molecule has 1 aromatic heterocycles. The average Bonchev–Trinajstić information content (AvgIpc) is 3.00. The number of halogens is 2. The largest absolute Gasteiger partial charge is 0.444 e. The predicted molar refractivity (Wildman–Crippen MR) is 94.5 cm³/mol. The number of fused-ring (bicyclic) bond motifs is 1. The van der Waals surface area contributed by atoms with Crippen molar-refractivity contribution in [1.82, 2.24) is 15.3 Å². The number of nitrogens with one attached hydrogen (secondary N) is 1. The summed E-state index contributed by atoms with van der Waals surface area (Å²) in [5, 5.41) is 3.54. The van der Waals surface area contributed by atoms with E-state index in [9.17, 15) is 13.6 Å².